The van der Waals surface area contributed by atoms with Gasteiger partial charge in [0.1, 0.15) is 0 Å². The Morgan fingerprint density at radius 3 is 2.66 bits per heavy atom. The minimum atomic E-state index is -0.0240. The third-order valence-electron chi connectivity index (χ3n) is 5.62. The Labute approximate surface area is 175 Å². The van der Waals surface area contributed by atoms with Gasteiger partial charge in [-0.3, -0.25) is 4.79 Å². The smallest absolute Gasteiger partial charge is 0.251 e. The molecular formula is C23H38N4O2. The average molecular weight is 403 g/mol. The minimum absolute atomic E-state index is 0.0240. The van der Waals surface area contributed by atoms with Gasteiger partial charge in [0.05, 0.1) is 6.54 Å². The van der Waals surface area contributed by atoms with E-state index < -0.39 is 0 Å². The van der Waals surface area contributed by atoms with Crippen molar-refractivity contribution in [3.63, 3.8) is 0 Å². The Balaban J connectivity index is 1.98. The van der Waals surface area contributed by atoms with Gasteiger partial charge in [0.2, 0.25) is 0 Å². The van der Waals surface area contributed by atoms with Crippen LogP contribution in [0.3, 0.4) is 0 Å². The minimum Gasteiger partial charge on any atom is -0.385 e. The fourth-order valence-electron chi connectivity index (χ4n) is 3.89. The van der Waals surface area contributed by atoms with Gasteiger partial charge in [-0.15, -0.1) is 0 Å². The molecule has 162 valence electrons. The number of carbonyl (C=O) groups is 1. The summed E-state index contributed by atoms with van der Waals surface area (Å²) < 4.78 is 5.34. The van der Waals surface area contributed by atoms with Gasteiger partial charge in [-0.1, -0.05) is 31.9 Å². The van der Waals surface area contributed by atoms with E-state index in [-0.39, 0.29) is 5.91 Å². The maximum absolute atomic E-state index is 12.2. The van der Waals surface area contributed by atoms with Crippen LogP contribution in [0.15, 0.2) is 29.3 Å². The number of carbonyl (C=O) groups excluding carboxylic acids is 1. The summed E-state index contributed by atoms with van der Waals surface area (Å²) in [7, 11) is 1.78. The van der Waals surface area contributed by atoms with Crippen molar-refractivity contribution >= 4 is 11.9 Å². The lowest BCUT2D eigenvalue weighted by Gasteiger charge is -2.30. The van der Waals surface area contributed by atoms with Crippen molar-refractivity contribution in [2.45, 2.75) is 58.9 Å². The highest BCUT2D eigenvalue weighted by atomic mass is 16.5. The van der Waals surface area contributed by atoms with E-state index in [1.165, 1.54) is 25.7 Å². The first kappa shape index (κ1) is 23.2. The van der Waals surface area contributed by atoms with Crippen LogP contribution in [0.25, 0.3) is 0 Å². The molecule has 6 heteroatoms. The van der Waals surface area contributed by atoms with E-state index in [2.05, 4.69) is 22.9 Å². The number of nitrogens with zero attached hydrogens (tertiary/aromatic N) is 1. The zero-order chi connectivity index (χ0) is 21.0. The van der Waals surface area contributed by atoms with E-state index in [9.17, 15) is 4.79 Å². The summed E-state index contributed by atoms with van der Waals surface area (Å²) in [5.41, 5.74) is 2.03. The molecule has 0 spiro atoms. The fraction of sp³-hybridized carbons (Fsp3) is 0.652. The van der Waals surface area contributed by atoms with E-state index in [0.29, 0.717) is 24.1 Å². The van der Waals surface area contributed by atoms with Crippen LogP contribution < -0.4 is 16.0 Å². The summed E-state index contributed by atoms with van der Waals surface area (Å²) in [6.45, 7) is 7.90. The number of aliphatic imine (C=N–C) groups is 1. The van der Waals surface area contributed by atoms with Gasteiger partial charge in [0.25, 0.3) is 5.91 Å². The summed E-state index contributed by atoms with van der Waals surface area (Å²) in [5, 5.41) is 9.82. The van der Waals surface area contributed by atoms with Crippen LogP contribution >= 0.6 is 0 Å². The molecule has 1 aromatic rings. The van der Waals surface area contributed by atoms with E-state index in [1.807, 2.05) is 31.2 Å². The normalized spacial score (nSPS) is 15.9. The van der Waals surface area contributed by atoms with E-state index in [0.717, 1.165) is 44.1 Å². The Bertz CT molecular complexity index is 654. The van der Waals surface area contributed by atoms with Crippen molar-refractivity contribution < 1.29 is 9.53 Å². The quantitative estimate of drug-likeness (QED) is 0.391. The number of methoxy groups -OCH3 is 1. The molecule has 0 saturated heterocycles. The molecule has 1 aromatic carbocycles. The molecule has 2 rings (SSSR count). The lowest BCUT2D eigenvalue weighted by Crippen LogP contribution is -2.43. The third kappa shape index (κ3) is 7.69. The second kappa shape index (κ2) is 12.5. The maximum Gasteiger partial charge on any atom is 0.251 e. The molecule has 1 amide bonds. The molecule has 0 aliphatic heterocycles. The second-order valence-corrected chi connectivity index (χ2v) is 7.95. The van der Waals surface area contributed by atoms with Gasteiger partial charge < -0.3 is 20.7 Å². The molecule has 3 N–H and O–H groups in total. The number of ether oxygens (including phenoxy) is 1. The average Bonchev–Trinajstić information content (AvgIpc) is 3.22. The SMILES string of the molecule is CCCNC(=O)c1cccc(CN=C(NCC)NCC2(CCOC)CCCC2)c1. The number of guanidine groups is 1. The van der Waals surface area contributed by atoms with Crippen LogP contribution in [-0.4, -0.2) is 45.2 Å². The van der Waals surface area contributed by atoms with Gasteiger partial charge in [-0.05, 0) is 55.7 Å². The first-order valence-electron chi connectivity index (χ1n) is 11.0. The molecular weight excluding hydrogens is 364 g/mol. The number of nitrogens with one attached hydrogen (secondary N) is 3. The van der Waals surface area contributed by atoms with Crippen molar-refractivity contribution in [3.05, 3.63) is 35.4 Å². The van der Waals surface area contributed by atoms with Crippen molar-refractivity contribution in [1.82, 2.24) is 16.0 Å². The second-order valence-electron chi connectivity index (χ2n) is 7.95. The van der Waals surface area contributed by atoms with Gasteiger partial charge in [0, 0.05) is 38.9 Å². The molecule has 1 fully saturated rings. The van der Waals surface area contributed by atoms with E-state index in [4.69, 9.17) is 9.73 Å². The fourth-order valence-corrected chi connectivity index (χ4v) is 3.89. The van der Waals surface area contributed by atoms with E-state index in [1.54, 1.807) is 7.11 Å². The topological polar surface area (TPSA) is 74.8 Å². The Morgan fingerprint density at radius 2 is 1.97 bits per heavy atom. The van der Waals surface area contributed by atoms with Crippen LogP contribution in [0, 0.1) is 5.41 Å². The predicted molar refractivity (Wildman–Crippen MR) is 119 cm³/mol. The summed E-state index contributed by atoms with van der Waals surface area (Å²) in [6, 6.07) is 7.71. The molecule has 0 heterocycles. The van der Waals surface area contributed by atoms with Gasteiger partial charge in [0.15, 0.2) is 5.96 Å². The van der Waals surface area contributed by atoms with Crippen LogP contribution in [0.4, 0.5) is 0 Å². The highest BCUT2D eigenvalue weighted by molar-refractivity contribution is 5.94. The standard InChI is InChI=1S/C23H38N4O2/c1-4-14-25-21(28)20-10-8-9-19(16-20)17-26-22(24-5-2)27-18-23(13-15-29-3)11-6-7-12-23/h8-10,16H,4-7,11-15,17-18H2,1-3H3,(H,25,28)(H2,24,26,27). The van der Waals surface area contributed by atoms with Crippen LogP contribution in [-0.2, 0) is 11.3 Å². The molecule has 0 bridgehead atoms. The van der Waals surface area contributed by atoms with Gasteiger partial charge in [-0.2, -0.15) is 0 Å². The largest absolute Gasteiger partial charge is 0.385 e. The van der Waals surface area contributed by atoms with Crippen LogP contribution in [0.1, 0.15) is 68.3 Å². The van der Waals surface area contributed by atoms with Crippen molar-refractivity contribution in [2.75, 3.05) is 33.4 Å². The molecule has 0 radical (unpaired) electrons. The number of rotatable bonds is 11. The molecule has 0 atom stereocenters. The summed E-state index contributed by atoms with van der Waals surface area (Å²) in [6.07, 6.45) is 7.11. The van der Waals surface area contributed by atoms with Gasteiger partial charge >= 0.3 is 0 Å². The number of hydrogen-bond donors (Lipinski definition) is 3. The molecule has 1 saturated carbocycles. The van der Waals surface area contributed by atoms with Crippen molar-refractivity contribution in [2.24, 2.45) is 10.4 Å². The maximum atomic E-state index is 12.2. The zero-order valence-corrected chi connectivity index (χ0v) is 18.4. The number of amides is 1. The summed E-state index contributed by atoms with van der Waals surface area (Å²) in [5.74, 6) is 0.807. The highest BCUT2D eigenvalue weighted by Crippen LogP contribution is 2.40. The van der Waals surface area contributed by atoms with E-state index >= 15 is 0 Å². The van der Waals surface area contributed by atoms with Crippen LogP contribution in [0.5, 0.6) is 0 Å². The Morgan fingerprint density at radius 1 is 1.17 bits per heavy atom. The lowest BCUT2D eigenvalue weighted by atomic mass is 9.83. The molecule has 1 aliphatic carbocycles. The monoisotopic (exact) mass is 402 g/mol. The highest BCUT2D eigenvalue weighted by Gasteiger charge is 2.33. The molecule has 1 aliphatic rings. The lowest BCUT2D eigenvalue weighted by molar-refractivity contribution is 0.0953. The Hall–Kier alpha value is -2.08. The summed E-state index contributed by atoms with van der Waals surface area (Å²) in [4.78, 5) is 16.9. The molecule has 29 heavy (non-hydrogen) atoms. The first-order valence-corrected chi connectivity index (χ1v) is 11.0. The first-order chi connectivity index (χ1) is 14.1. The molecule has 6 nitrogen and oxygen atoms in total. The summed E-state index contributed by atoms with van der Waals surface area (Å²) >= 11 is 0. The van der Waals surface area contributed by atoms with Crippen molar-refractivity contribution in [1.29, 1.82) is 0 Å². The Kier molecular flexibility index (Phi) is 9.98. The number of benzene rings is 1. The van der Waals surface area contributed by atoms with Gasteiger partial charge in [-0.25, -0.2) is 4.99 Å². The zero-order valence-electron chi connectivity index (χ0n) is 18.4. The third-order valence-corrected chi connectivity index (χ3v) is 5.62. The molecule has 0 unspecified atom stereocenters. The molecule has 0 aromatic heterocycles. The van der Waals surface area contributed by atoms with Crippen LogP contribution in [0.2, 0.25) is 0 Å². The number of hydrogen-bond acceptors (Lipinski definition) is 3. The van der Waals surface area contributed by atoms with Crippen molar-refractivity contribution in [3.8, 4) is 0 Å². The predicted octanol–water partition coefficient (Wildman–Crippen LogP) is 3.48.